The molecule has 1 saturated carbocycles. The molecule has 1 saturated heterocycles. The van der Waals surface area contributed by atoms with Crippen molar-refractivity contribution >= 4 is 5.91 Å². The number of hydrogen-bond donors (Lipinski definition) is 2. The predicted molar refractivity (Wildman–Crippen MR) is 82.4 cm³/mol. The number of likely N-dealkylation sites (tertiary alicyclic amines) is 1. The van der Waals surface area contributed by atoms with Gasteiger partial charge in [-0.1, -0.05) is 13.8 Å². The van der Waals surface area contributed by atoms with Crippen molar-refractivity contribution in [1.82, 2.24) is 10.2 Å². The third-order valence-electron chi connectivity index (χ3n) is 4.90. The van der Waals surface area contributed by atoms with Gasteiger partial charge >= 0.3 is 0 Å². The van der Waals surface area contributed by atoms with Crippen molar-refractivity contribution in [3.05, 3.63) is 0 Å². The van der Waals surface area contributed by atoms with Crippen LogP contribution in [-0.2, 0) is 4.79 Å². The largest absolute Gasteiger partial charge is 0.368 e. The van der Waals surface area contributed by atoms with Crippen LogP contribution in [0, 0.1) is 5.41 Å². The van der Waals surface area contributed by atoms with Crippen molar-refractivity contribution in [3.63, 3.8) is 0 Å². The Bertz CT molecular complexity index is 365. The number of rotatable bonds is 6. The minimum atomic E-state index is -0.567. The molecule has 4 nitrogen and oxygen atoms in total. The fourth-order valence-corrected chi connectivity index (χ4v) is 3.47. The lowest BCUT2D eigenvalue weighted by molar-refractivity contribution is -0.124. The maximum atomic E-state index is 11.9. The van der Waals surface area contributed by atoms with E-state index >= 15 is 0 Å². The van der Waals surface area contributed by atoms with Crippen LogP contribution in [0.2, 0.25) is 0 Å². The lowest BCUT2D eigenvalue weighted by Gasteiger charge is -2.43. The fourth-order valence-electron chi connectivity index (χ4n) is 3.47. The van der Waals surface area contributed by atoms with Gasteiger partial charge in [0.1, 0.15) is 0 Å². The van der Waals surface area contributed by atoms with Crippen LogP contribution in [0.3, 0.4) is 0 Å². The van der Waals surface area contributed by atoms with E-state index in [0.29, 0.717) is 17.5 Å². The normalized spacial score (nSPS) is 27.8. The number of piperidine rings is 1. The smallest absolute Gasteiger partial charge is 0.237 e. The van der Waals surface area contributed by atoms with Crippen molar-refractivity contribution in [2.45, 2.75) is 77.4 Å². The average molecular weight is 281 g/mol. The van der Waals surface area contributed by atoms with E-state index in [2.05, 4.69) is 31.0 Å². The van der Waals surface area contributed by atoms with Crippen molar-refractivity contribution in [2.75, 3.05) is 13.1 Å². The van der Waals surface area contributed by atoms with Gasteiger partial charge in [0.05, 0.1) is 5.54 Å². The zero-order chi connectivity index (χ0) is 15.0. The van der Waals surface area contributed by atoms with Crippen LogP contribution >= 0.6 is 0 Å². The van der Waals surface area contributed by atoms with Gasteiger partial charge in [-0.3, -0.25) is 4.79 Å². The molecule has 4 heteroatoms. The highest BCUT2D eigenvalue weighted by Crippen LogP contribution is 2.32. The molecule has 2 unspecified atom stereocenters. The summed E-state index contributed by atoms with van der Waals surface area (Å²) < 4.78 is 0. The Labute approximate surface area is 123 Å². The topological polar surface area (TPSA) is 58.4 Å². The third-order valence-corrected chi connectivity index (χ3v) is 4.90. The molecule has 0 aromatic heterocycles. The summed E-state index contributed by atoms with van der Waals surface area (Å²) >= 11 is 0. The van der Waals surface area contributed by atoms with E-state index < -0.39 is 5.54 Å². The van der Waals surface area contributed by atoms with E-state index in [1.54, 1.807) is 0 Å². The predicted octanol–water partition coefficient (Wildman–Crippen LogP) is 1.88. The van der Waals surface area contributed by atoms with Crippen LogP contribution in [0.4, 0.5) is 0 Å². The molecule has 0 spiro atoms. The van der Waals surface area contributed by atoms with Crippen LogP contribution in [0.15, 0.2) is 0 Å². The Morgan fingerprint density at radius 3 is 2.65 bits per heavy atom. The van der Waals surface area contributed by atoms with Gasteiger partial charge in [-0.05, 0) is 57.9 Å². The Morgan fingerprint density at radius 1 is 1.50 bits per heavy atom. The van der Waals surface area contributed by atoms with E-state index in [-0.39, 0.29) is 5.91 Å². The lowest BCUT2D eigenvalue weighted by atomic mass is 9.82. The molecule has 1 heterocycles. The summed E-state index contributed by atoms with van der Waals surface area (Å²) in [5, 5.41) is 3.46. The monoisotopic (exact) mass is 281 g/mol. The summed E-state index contributed by atoms with van der Waals surface area (Å²) in [6, 6.07) is 0.885. The molecule has 0 aromatic carbocycles. The molecule has 0 aromatic rings. The Balaban J connectivity index is 1.96. The molecular weight excluding hydrogens is 250 g/mol. The third kappa shape index (κ3) is 3.95. The van der Waals surface area contributed by atoms with Gasteiger partial charge in [0, 0.05) is 18.6 Å². The maximum Gasteiger partial charge on any atom is 0.237 e. The van der Waals surface area contributed by atoms with E-state index in [9.17, 15) is 4.79 Å². The first-order valence-corrected chi connectivity index (χ1v) is 8.03. The highest BCUT2D eigenvalue weighted by Gasteiger charge is 2.40. The molecule has 0 radical (unpaired) electrons. The van der Waals surface area contributed by atoms with Gasteiger partial charge in [-0.2, -0.15) is 0 Å². The number of carbonyl (C=O) groups is 1. The average Bonchev–Trinajstić information content (AvgIpc) is 3.11. The highest BCUT2D eigenvalue weighted by atomic mass is 16.1. The Kier molecular flexibility index (Phi) is 4.45. The molecule has 20 heavy (non-hydrogen) atoms. The molecule has 116 valence electrons. The van der Waals surface area contributed by atoms with E-state index in [4.69, 9.17) is 5.73 Å². The van der Waals surface area contributed by atoms with Gasteiger partial charge < -0.3 is 16.0 Å². The molecule has 1 aliphatic carbocycles. The standard InChI is InChI=1S/C16H31N3O/c1-12(19-9-5-8-15(2,3)11-19)10-16(4,14(17)20)18-13-6-7-13/h12-13,18H,5-11H2,1-4H3,(H2,17,20). The van der Waals surface area contributed by atoms with E-state index in [1.807, 2.05) is 6.92 Å². The van der Waals surface area contributed by atoms with Gasteiger partial charge in [-0.15, -0.1) is 0 Å². The first kappa shape index (κ1) is 15.8. The zero-order valence-corrected chi connectivity index (χ0v) is 13.5. The molecule has 2 aliphatic rings. The number of carbonyl (C=O) groups excluding carboxylic acids is 1. The first-order valence-electron chi connectivity index (χ1n) is 8.03. The molecule has 3 N–H and O–H groups in total. The second-order valence-electron chi connectivity index (χ2n) is 7.91. The van der Waals surface area contributed by atoms with Crippen LogP contribution in [0.25, 0.3) is 0 Å². The molecule has 2 fully saturated rings. The van der Waals surface area contributed by atoms with Crippen LogP contribution in [0.1, 0.15) is 59.8 Å². The summed E-state index contributed by atoms with van der Waals surface area (Å²) in [6.07, 6.45) is 5.70. The number of nitrogens with one attached hydrogen (secondary N) is 1. The summed E-state index contributed by atoms with van der Waals surface area (Å²) in [5.41, 5.74) is 5.48. The van der Waals surface area contributed by atoms with Crippen molar-refractivity contribution in [1.29, 1.82) is 0 Å². The number of nitrogens with two attached hydrogens (primary N) is 1. The second kappa shape index (κ2) is 5.64. The van der Waals surface area contributed by atoms with Gasteiger partial charge in [0.2, 0.25) is 5.91 Å². The van der Waals surface area contributed by atoms with Crippen LogP contribution < -0.4 is 11.1 Å². The molecule has 2 atom stereocenters. The number of primary amides is 1. The second-order valence-corrected chi connectivity index (χ2v) is 7.91. The SMILES string of the molecule is CC(CC(C)(NC1CC1)C(N)=O)N1CCCC(C)(C)C1. The van der Waals surface area contributed by atoms with E-state index in [1.165, 1.54) is 25.7 Å². The van der Waals surface area contributed by atoms with Gasteiger partial charge in [0.25, 0.3) is 0 Å². The first-order chi connectivity index (χ1) is 9.22. The van der Waals surface area contributed by atoms with Crippen molar-refractivity contribution in [3.8, 4) is 0 Å². The molecule has 0 bridgehead atoms. The molecule has 1 aliphatic heterocycles. The zero-order valence-electron chi connectivity index (χ0n) is 13.5. The minimum absolute atomic E-state index is 0.215. The van der Waals surface area contributed by atoms with E-state index in [0.717, 1.165) is 19.5 Å². The quantitative estimate of drug-likeness (QED) is 0.781. The van der Waals surface area contributed by atoms with Crippen molar-refractivity contribution < 1.29 is 4.79 Å². The summed E-state index contributed by atoms with van der Waals surface area (Å²) in [4.78, 5) is 14.4. The highest BCUT2D eigenvalue weighted by molar-refractivity contribution is 5.84. The molecular formula is C16H31N3O. The van der Waals surface area contributed by atoms with Crippen LogP contribution in [0.5, 0.6) is 0 Å². The summed E-state index contributed by atoms with van der Waals surface area (Å²) in [6.45, 7) is 11.1. The number of nitrogens with zero attached hydrogens (tertiary/aromatic N) is 1. The summed E-state index contributed by atoms with van der Waals surface area (Å²) in [7, 11) is 0. The maximum absolute atomic E-state index is 11.9. The fraction of sp³-hybridized carbons (Fsp3) is 0.938. The molecule has 2 rings (SSSR count). The lowest BCUT2D eigenvalue weighted by Crippen LogP contribution is -2.58. The Hall–Kier alpha value is -0.610. The number of amides is 1. The van der Waals surface area contributed by atoms with Crippen LogP contribution in [-0.4, -0.2) is 41.5 Å². The molecule has 1 amide bonds. The Morgan fingerprint density at radius 2 is 2.15 bits per heavy atom. The van der Waals surface area contributed by atoms with Crippen molar-refractivity contribution in [2.24, 2.45) is 11.1 Å². The minimum Gasteiger partial charge on any atom is -0.368 e. The van der Waals surface area contributed by atoms with Gasteiger partial charge in [0.15, 0.2) is 0 Å². The number of hydrogen-bond acceptors (Lipinski definition) is 3. The van der Waals surface area contributed by atoms with Gasteiger partial charge in [-0.25, -0.2) is 0 Å². The summed E-state index contributed by atoms with van der Waals surface area (Å²) in [5.74, 6) is -0.215.